The van der Waals surface area contributed by atoms with Crippen LogP contribution in [0.4, 0.5) is 0 Å². The molecule has 3 heteroatoms. The largest absolute Gasteiger partial charge is 0.289 e. The summed E-state index contributed by atoms with van der Waals surface area (Å²) in [4.78, 5) is 20.3. The van der Waals surface area contributed by atoms with Gasteiger partial charge in [0.1, 0.15) is 0 Å². The van der Waals surface area contributed by atoms with Gasteiger partial charge in [0.2, 0.25) is 0 Å². The second-order valence-corrected chi connectivity index (χ2v) is 3.71. The van der Waals surface area contributed by atoms with Crippen molar-refractivity contribution < 1.29 is 4.79 Å². The third kappa shape index (κ3) is 2.14. The van der Waals surface area contributed by atoms with Gasteiger partial charge in [-0.2, -0.15) is 0 Å². The molecule has 0 saturated heterocycles. The molecule has 0 spiro atoms. The predicted octanol–water partition coefficient (Wildman–Crippen LogP) is 2.32. The second kappa shape index (κ2) is 4.23. The van der Waals surface area contributed by atoms with Gasteiger partial charge in [-0.25, -0.2) is 0 Å². The lowest BCUT2D eigenvalue weighted by molar-refractivity contribution is 0.103. The maximum absolute atomic E-state index is 12.1. The van der Waals surface area contributed by atoms with Crippen LogP contribution >= 0.6 is 0 Å². The zero-order chi connectivity index (χ0) is 11.5. The zero-order valence-electron chi connectivity index (χ0n) is 9.27. The summed E-state index contributed by atoms with van der Waals surface area (Å²) in [6, 6.07) is 7.11. The monoisotopic (exact) mass is 212 g/mol. The highest BCUT2D eigenvalue weighted by molar-refractivity contribution is 6.08. The van der Waals surface area contributed by atoms with E-state index in [0.717, 1.165) is 11.4 Å². The van der Waals surface area contributed by atoms with Crippen LogP contribution in [-0.4, -0.2) is 15.8 Å². The van der Waals surface area contributed by atoms with E-state index >= 15 is 0 Å². The highest BCUT2D eigenvalue weighted by Gasteiger charge is 2.09. The first kappa shape index (κ1) is 10.5. The quantitative estimate of drug-likeness (QED) is 0.717. The number of carbonyl (C=O) groups is 1. The van der Waals surface area contributed by atoms with Crippen molar-refractivity contribution in [1.29, 1.82) is 0 Å². The van der Waals surface area contributed by atoms with Crippen molar-refractivity contribution in [3.63, 3.8) is 0 Å². The lowest BCUT2D eigenvalue weighted by Crippen LogP contribution is -2.03. The van der Waals surface area contributed by atoms with Crippen molar-refractivity contribution in [2.24, 2.45) is 0 Å². The minimum absolute atomic E-state index is 0.0123. The van der Waals surface area contributed by atoms with Crippen molar-refractivity contribution in [3.8, 4) is 0 Å². The molecule has 0 aliphatic carbocycles. The minimum atomic E-state index is -0.0123. The molecule has 3 nitrogen and oxygen atoms in total. The van der Waals surface area contributed by atoms with Gasteiger partial charge in [-0.15, -0.1) is 0 Å². The molecule has 0 fully saturated rings. The van der Waals surface area contributed by atoms with Crippen LogP contribution < -0.4 is 0 Å². The van der Waals surface area contributed by atoms with E-state index in [4.69, 9.17) is 0 Å². The molecule has 16 heavy (non-hydrogen) atoms. The number of carbonyl (C=O) groups excluding carboxylic acids is 1. The SMILES string of the molecule is Cc1cc(C(=O)c2cccnc2)cc(C)n1. The molecule has 0 bridgehead atoms. The maximum atomic E-state index is 12.1. The summed E-state index contributed by atoms with van der Waals surface area (Å²) in [6.07, 6.45) is 3.23. The molecule has 0 radical (unpaired) electrons. The molecule has 0 aliphatic heterocycles. The van der Waals surface area contributed by atoms with E-state index in [2.05, 4.69) is 9.97 Å². The molecule has 0 unspecified atom stereocenters. The molecule has 0 N–H and O–H groups in total. The van der Waals surface area contributed by atoms with E-state index in [-0.39, 0.29) is 5.78 Å². The van der Waals surface area contributed by atoms with Gasteiger partial charge in [0, 0.05) is 34.9 Å². The fourth-order valence-electron chi connectivity index (χ4n) is 1.63. The molecule has 0 amide bonds. The Bertz CT molecular complexity index is 500. The lowest BCUT2D eigenvalue weighted by Gasteiger charge is -2.03. The van der Waals surface area contributed by atoms with Gasteiger partial charge in [0.25, 0.3) is 0 Å². The minimum Gasteiger partial charge on any atom is -0.289 e. The van der Waals surface area contributed by atoms with Crippen LogP contribution in [0.5, 0.6) is 0 Å². The maximum Gasteiger partial charge on any atom is 0.194 e. The zero-order valence-corrected chi connectivity index (χ0v) is 9.27. The van der Waals surface area contributed by atoms with Crippen LogP contribution in [-0.2, 0) is 0 Å². The normalized spacial score (nSPS) is 10.1. The smallest absolute Gasteiger partial charge is 0.194 e. The Balaban J connectivity index is 2.42. The Kier molecular flexibility index (Phi) is 2.77. The number of nitrogens with zero attached hydrogens (tertiary/aromatic N) is 2. The number of hydrogen-bond donors (Lipinski definition) is 0. The van der Waals surface area contributed by atoms with Crippen molar-refractivity contribution in [3.05, 3.63) is 59.2 Å². The van der Waals surface area contributed by atoms with E-state index in [1.54, 1.807) is 36.7 Å². The summed E-state index contributed by atoms with van der Waals surface area (Å²) in [6.45, 7) is 3.76. The highest BCUT2D eigenvalue weighted by atomic mass is 16.1. The van der Waals surface area contributed by atoms with Gasteiger partial charge < -0.3 is 0 Å². The van der Waals surface area contributed by atoms with Gasteiger partial charge in [-0.3, -0.25) is 14.8 Å². The van der Waals surface area contributed by atoms with Crippen LogP contribution in [0.15, 0.2) is 36.7 Å². The van der Waals surface area contributed by atoms with E-state index in [1.807, 2.05) is 13.8 Å². The van der Waals surface area contributed by atoms with Crippen molar-refractivity contribution in [2.45, 2.75) is 13.8 Å². The number of aryl methyl sites for hydroxylation is 2. The van der Waals surface area contributed by atoms with E-state index in [0.29, 0.717) is 11.1 Å². The molecule has 2 aromatic heterocycles. The number of pyridine rings is 2. The van der Waals surface area contributed by atoms with Crippen LogP contribution in [0.25, 0.3) is 0 Å². The molecule has 0 saturated carbocycles. The third-order valence-corrected chi connectivity index (χ3v) is 2.27. The molecule has 2 heterocycles. The third-order valence-electron chi connectivity index (χ3n) is 2.27. The molecule has 2 rings (SSSR count). The molecule has 0 aliphatic rings. The summed E-state index contributed by atoms with van der Waals surface area (Å²) in [7, 11) is 0. The van der Waals surface area contributed by atoms with Gasteiger partial charge in [-0.1, -0.05) is 0 Å². The number of aromatic nitrogens is 2. The number of hydrogen-bond acceptors (Lipinski definition) is 3. The summed E-state index contributed by atoms with van der Waals surface area (Å²) < 4.78 is 0. The van der Waals surface area contributed by atoms with Crippen LogP contribution in [0.2, 0.25) is 0 Å². The first-order valence-corrected chi connectivity index (χ1v) is 5.07. The predicted molar refractivity (Wildman–Crippen MR) is 61.4 cm³/mol. The van der Waals surface area contributed by atoms with Gasteiger partial charge >= 0.3 is 0 Å². The Morgan fingerprint density at radius 1 is 1.12 bits per heavy atom. The molecule has 2 aromatic rings. The van der Waals surface area contributed by atoms with Crippen LogP contribution in [0.1, 0.15) is 27.3 Å². The Labute approximate surface area is 94.2 Å². The topological polar surface area (TPSA) is 42.9 Å². The van der Waals surface area contributed by atoms with Crippen molar-refractivity contribution >= 4 is 5.78 Å². The summed E-state index contributed by atoms with van der Waals surface area (Å²) >= 11 is 0. The van der Waals surface area contributed by atoms with E-state index < -0.39 is 0 Å². The molecule has 0 aromatic carbocycles. The summed E-state index contributed by atoms with van der Waals surface area (Å²) in [5, 5.41) is 0. The Morgan fingerprint density at radius 2 is 1.81 bits per heavy atom. The molecular weight excluding hydrogens is 200 g/mol. The second-order valence-electron chi connectivity index (χ2n) is 3.71. The molecular formula is C13H12N2O. The lowest BCUT2D eigenvalue weighted by atomic mass is 10.0. The van der Waals surface area contributed by atoms with Gasteiger partial charge in [0.15, 0.2) is 5.78 Å². The number of ketones is 1. The van der Waals surface area contributed by atoms with E-state index in [1.165, 1.54) is 0 Å². The summed E-state index contributed by atoms with van der Waals surface area (Å²) in [5.41, 5.74) is 2.98. The van der Waals surface area contributed by atoms with Gasteiger partial charge in [-0.05, 0) is 38.1 Å². The van der Waals surface area contributed by atoms with Crippen LogP contribution in [0, 0.1) is 13.8 Å². The average molecular weight is 212 g/mol. The fraction of sp³-hybridized carbons (Fsp3) is 0.154. The standard InChI is InChI=1S/C13H12N2O/c1-9-6-12(7-10(2)15-9)13(16)11-4-3-5-14-8-11/h3-8H,1-2H3. The first-order valence-electron chi connectivity index (χ1n) is 5.07. The Hall–Kier alpha value is -2.03. The molecule has 0 atom stereocenters. The Morgan fingerprint density at radius 3 is 2.38 bits per heavy atom. The van der Waals surface area contributed by atoms with Gasteiger partial charge in [0.05, 0.1) is 0 Å². The van der Waals surface area contributed by atoms with Crippen LogP contribution in [0.3, 0.4) is 0 Å². The molecule has 80 valence electrons. The first-order chi connectivity index (χ1) is 7.66. The summed E-state index contributed by atoms with van der Waals surface area (Å²) in [5.74, 6) is -0.0123. The van der Waals surface area contributed by atoms with Crippen molar-refractivity contribution in [2.75, 3.05) is 0 Å². The number of rotatable bonds is 2. The fourth-order valence-corrected chi connectivity index (χ4v) is 1.63. The highest BCUT2D eigenvalue weighted by Crippen LogP contribution is 2.10. The van der Waals surface area contributed by atoms with E-state index in [9.17, 15) is 4.79 Å². The van der Waals surface area contributed by atoms with Crippen molar-refractivity contribution in [1.82, 2.24) is 9.97 Å². The average Bonchev–Trinajstić information content (AvgIpc) is 2.28.